The minimum atomic E-state index is 0.124. The van der Waals surface area contributed by atoms with Crippen molar-refractivity contribution in [2.24, 2.45) is 0 Å². The molecular weight excluding hydrogens is 214 g/mol. The van der Waals surface area contributed by atoms with Gasteiger partial charge in [-0.15, -0.1) is 0 Å². The van der Waals surface area contributed by atoms with E-state index in [1.807, 2.05) is 26.1 Å². The van der Waals surface area contributed by atoms with E-state index >= 15 is 0 Å². The summed E-state index contributed by atoms with van der Waals surface area (Å²) >= 11 is 0. The summed E-state index contributed by atoms with van der Waals surface area (Å²) in [6, 6.07) is 8.75. The summed E-state index contributed by atoms with van der Waals surface area (Å²) in [5.74, 6) is 0.898. The van der Waals surface area contributed by atoms with Crippen LogP contribution in [0.5, 0.6) is 5.75 Å². The fraction of sp³-hybridized carbons (Fsp3) is 0.571. The molecule has 2 unspecified atom stereocenters. The van der Waals surface area contributed by atoms with Gasteiger partial charge in [-0.25, -0.2) is 0 Å². The minimum Gasteiger partial charge on any atom is -0.491 e. The quantitative estimate of drug-likeness (QED) is 0.789. The third-order valence-corrected chi connectivity index (χ3v) is 2.85. The third-order valence-electron chi connectivity index (χ3n) is 2.85. The van der Waals surface area contributed by atoms with Gasteiger partial charge >= 0.3 is 0 Å². The fourth-order valence-electron chi connectivity index (χ4n) is 1.46. The van der Waals surface area contributed by atoms with Crippen LogP contribution in [-0.4, -0.2) is 32.9 Å². The van der Waals surface area contributed by atoms with Crippen molar-refractivity contribution in [3.63, 3.8) is 0 Å². The topological polar surface area (TPSA) is 30.5 Å². The first kappa shape index (κ1) is 14.0. The van der Waals surface area contributed by atoms with E-state index in [0.717, 1.165) is 12.2 Å². The molecule has 0 amide bonds. The molecule has 0 fully saturated rings. The zero-order valence-corrected chi connectivity index (χ0v) is 11.2. The second-order valence-corrected chi connectivity index (χ2v) is 4.40. The Bertz CT molecular complexity index is 311. The highest BCUT2D eigenvalue weighted by atomic mass is 16.5. The Kier molecular flexibility index (Phi) is 6.01. The molecule has 3 nitrogen and oxygen atoms in total. The van der Waals surface area contributed by atoms with Gasteiger partial charge in [-0.2, -0.15) is 0 Å². The van der Waals surface area contributed by atoms with Gasteiger partial charge < -0.3 is 14.8 Å². The summed E-state index contributed by atoms with van der Waals surface area (Å²) in [6.45, 7) is 4.75. The lowest BCUT2D eigenvalue weighted by molar-refractivity contribution is 0.0716. The van der Waals surface area contributed by atoms with E-state index in [1.165, 1.54) is 5.56 Å². The van der Waals surface area contributed by atoms with Gasteiger partial charge in [-0.1, -0.05) is 12.1 Å². The van der Waals surface area contributed by atoms with Crippen molar-refractivity contribution in [3.05, 3.63) is 29.8 Å². The molecule has 0 radical (unpaired) electrons. The van der Waals surface area contributed by atoms with Crippen molar-refractivity contribution in [3.8, 4) is 5.75 Å². The molecular formula is C14H23NO2. The van der Waals surface area contributed by atoms with Crippen LogP contribution in [-0.2, 0) is 11.2 Å². The lowest BCUT2D eigenvalue weighted by atomic mass is 10.1. The minimum absolute atomic E-state index is 0.124. The molecule has 0 aliphatic heterocycles. The van der Waals surface area contributed by atoms with Crippen LogP contribution in [0.3, 0.4) is 0 Å². The van der Waals surface area contributed by atoms with Crippen LogP contribution in [0.25, 0.3) is 0 Å². The van der Waals surface area contributed by atoms with E-state index in [2.05, 4.69) is 24.4 Å². The Morgan fingerprint density at radius 3 is 2.35 bits per heavy atom. The van der Waals surface area contributed by atoms with E-state index in [0.29, 0.717) is 12.6 Å². The number of benzene rings is 1. The van der Waals surface area contributed by atoms with Gasteiger partial charge in [0.05, 0.1) is 6.10 Å². The molecule has 0 aliphatic rings. The summed E-state index contributed by atoms with van der Waals surface area (Å²) in [5.41, 5.74) is 1.32. The van der Waals surface area contributed by atoms with Crippen LogP contribution < -0.4 is 10.1 Å². The number of hydrogen-bond acceptors (Lipinski definition) is 3. The first-order chi connectivity index (χ1) is 8.15. The maximum absolute atomic E-state index is 5.60. The van der Waals surface area contributed by atoms with Crippen LogP contribution in [0.2, 0.25) is 0 Å². The number of likely N-dealkylation sites (N-methyl/N-ethyl adjacent to an activating group) is 1. The van der Waals surface area contributed by atoms with Gasteiger partial charge in [-0.05, 0) is 45.0 Å². The number of ether oxygens (including phenoxy) is 2. The molecule has 1 aromatic rings. The Morgan fingerprint density at radius 2 is 1.82 bits per heavy atom. The molecule has 0 heterocycles. The molecule has 0 saturated heterocycles. The van der Waals surface area contributed by atoms with Crippen LogP contribution in [0.4, 0.5) is 0 Å². The highest BCUT2D eigenvalue weighted by molar-refractivity contribution is 5.27. The van der Waals surface area contributed by atoms with Crippen LogP contribution in [0.15, 0.2) is 24.3 Å². The second kappa shape index (κ2) is 7.30. The Morgan fingerprint density at radius 1 is 1.18 bits per heavy atom. The molecule has 0 aromatic heterocycles. The molecule has 1 N–H and O–H groups in total. The summed E-state index contributed by atoms with van der Waals surface area (Å²) in [7, 11) is 3.67. The average Bonchev–Trinajstić information content (AvgIpc) is 2.37. The first-order valence-electron chi connectivity index (χ1n) is 6.07. The number of methoxy groups -OCH3 is 1. The van der Waals surface area contributed by atoms with E-state index in [4.69, 9.17) is 9.47 Å². The highest BCUT2D eigenvalue weighted by Gasteiger charge is 2.03. The first-order valence-corrected chi connectivity index (χ1v) is 6.07. The van der Waals surface area contributed by atoms with Gasteiger partial charge in [0, 0.05) is 13.2 Å². The van der Waals surface area contributed by atoms with E-state index in [-0.39, 0.29) is 6.10 Å². The van der Waals surface area contributed by atoms with Gasteiger partial charge in [0.15, 0.2) is 0 Å². The Hall–Kier alpha value is -1.06. The van der Waals surface area contributed by atoms with Crippen molar-refractivity contribution in [1.82, 2.24) is 5.32 Å². The summed E-state index contributed by atoms with van der Waals surface area (Å²) in [5, 5.41) is 3.23. The molecule has 1 rings (SSSR count). The Balaban J connectivity index is 2.44. The average molecular weight is 237 g/mol. The smallest absolute Gasteiger partial charge is 0.119 e. The molecule has 3 heteroatoms. The molecule has 17 heavy (non-hydrogen) atoms. The van der Waals surface area contributed by atoms with E-state index in [9.17, 15) is 0 Å². The predicted octanol–water partition coefficient (Wildman–Crippen LogP) is 2.25. The Labute approximate surface area is 104 Å². The van der Waals surface area contributed by atoms with Crippen molar-refractivity contribution in [2.75, 3.05) is 20.8 Å². The normalized spacial score (nSPS) is 14.4. The second-order valence-electron chi connectivity index (χ2n) is 4.40. The number of rotatable bonds is 7. The maximum Gasteiger partial charge on any atom is 0.119 e. The summed E-state index contributed by atoms with van der Waals surface area (Å²) < 4.78 is 10.7. The molecule has 0 spiro atoms. The van der Waals surface area contributed by atoms with Crippen LogP contribution >= 0.6 is 0 Å². The summed E-state index contributed by atoms with van der Waals surface area (Å²) in [4.78, 5) is 0. The predicted molar refractivity (Wildman–Crippen MR) is 70.6 cm³/mol. The van der Waals surface area contributed by atoms with E-state index < -0.39 is 0 Å². The van der Waals surface area contributed by atoms with Gasteiger partial charge in [0.1, 0.15) is 12.4 Å². The van der Waals surface area contributed by atoms with Crippen LogP contribution in [0, 0.1) is 0 Å². The zero-order valence-electron chi connectivity index (χ0n) is 11.2. The summed E-state index contributed by atoms with van der Waals surface area (Å²) in [6.07, 6.45) is 1.16. The fourth-order valence-corrected chi connectivity index (χ4v) is 1.46. The SMILES string of the molecule is CNC(C)Cc1ccc(OCC(C)OC)cc1. The van der Waals surface area contributed by atoms with Crippen molar-refractivity contribution >= 4 is 0 Å². The maximum atomic E-state index is 5.60. The van der Waals surface area contributed by atoms with Crippen molar-refractivity contribution < 1.29 is 9.47 Å². The van der Waals surface area contributed by atoms with Gasteiger partial charge in [0.25, 0.3) is 0 Å². The molecule has 96 valence electrons. The molecule has 1 aromatic carbocycles. The van der Waals surface area contributed by atoms with Gasteiger partial charge in [-0.3, -0.25) is 0 Å². The molecule has 0 saturated carbocycles. The zero-order chi connectivity index (χ0) is 12.7. The standard InChI is InChI=1S/C14H23NO2/c1-11(15-3)9-13-5-7-14(8-6-13)17-10-12(2)16-4/h5-8,11-12,15H,9-10H2,1-4H3. The van der Waals surface area contributed by atoms with Crippen molar-refractivity contribution in [2.45, 2.75) is 32.4 Å². The largest absolute Gasteiger partial charge is 0.491 e. The van der Waals surface area contributed by atoms with E-state index in [1.54, 1.807) is 7.11 Å². The molecule has 2 atom stereocenters. The van der Waals surface area contributed by atoms with Crippen molar-refractivity contribution in [1.29, 1.82) is 0 Å². The third kappa shape index (κ3) is 5.20. The lowest BCUT2D eigenvalue weighted by Gasteiger charge is -2.13. The number of nitrogens with one attached hydrogen (secondary N) is 1. The molecule has 0 aliphatic carbocycles. The lowest BCUT2D eigenvalue weighted by Crippen LogP contribution is -2.23. The monoisotopic (exact) mass is 237 g/mol. The molecule has 0 bridgehead atoms. The van der Waals surface area contributed by atoms with Gasteiger partial charge in [0.2, 0.25) is 0 Å². The highest BCUT2D eigenvalue weighted by Crippen LogP contribution is 2.13. The van der Waals surface area contributed by atoms with Crippen LogP contribution in [0.1, 0.15) is 19.4 Å². The number of hydrogen-bond donors (Lipinski definition) is 1.